The smallest absolute Gasteiger partial charge is 0.161 e. The van der Waals surface area contributed by atoms with E-state index in [0.717, 1.165) is 63.6 Å². The average molecular weight is 492 g/mol. The van der Waals surface area contributed by atoms with Crippen molar-refractivity contribution in [3.05, 3.63) is 60.2 Å². The third-order valence-corrected chi connectivity index (χ3v) is 8.82. The van der Waals surface area contributed by atoms with Crippen LogP contribution < -0.4 is 11.1 Å². The van der Waals surface area contributed by atoms with E-state index >= 15 is 0 Å². The molecule has 188 valence electrons. The first-order chi connectivity index (χ1) is 18.0. The van der Waals surface area contributed by atoms with Crippen molar-refractivity contribution in [1.29, 1.82) is 0 Å². The number of nitrogens with zero attached hydrogens (tertiary/aromatic N) is 4. The summed E-state index contributed by atoms with van der Waals surface area (Å²) in [6.07, 6.45) is 10.4. The molecular weight excluding hydrogens is 458 g/mol. The van der Waals surface area contributed by atoms with Crippen LogP contribution in [0.5, 0.6) is 0 Å². The minimum absolute atomic E-state index is 0.0690. The third kappa shape index (κ3) is 3.63. The summed E-state index contributed by atoms with van der Waals surface area (Å²) >= 11 is 0. The quantitative estimate of drug-likeness (QED) is 0.301. The fourth-order valence-corrected chi connectivity index (χ4v) is 6.53. The van der Waals surface area contributed by atoms with Crippen LogP contribution >= 0.6 is 0 Å². The maximum Gasteiger partial charge on any atom is 0.161 e. The zero-order valence-corrected chi connectivity index (χ0v) is 21.5. The van der Waals surface area contributed by atoms with E-state index < -0.39 is 0 Å². The van der Waals surface area contributed by atoms with E-state index in [1.807, 2.05) is 30.7 Å². The van der Waals surface area contributed by atoms with Gasteiger partial charge in [0.15, 0.2) is 5.82 Å². The number of aromatic nitrogens is 5. The van der Waals surface area contributed by atoms with Crippen LogP contribution in [0.25, 0.3) is 44.2 Å². The summed E-state index contributed by atoms with van der Waals surface area (Å²) in [5.74, 6) is 1.51. The fraction of sp³-hybridized carbons (Fsp3) is 0.400. The van der Waals surface area contributed by atoms with E-state index in [2.05, 4.69) is 52.3 Å². The van der Waals surface area contributed by atoms with Crippen LogP contribution in [0.4, 0.5) is 0 Å². The Bertz CT molecular complexity index is 1630. The number of hydrogen-bond acceptors (Lipinski definition) is 6. The van der Waals surface area contributed by atoms with Gasteiger partial charge in [0.05, 0.1) is 23.4 Å². The van der Waals surface area contributed by atoms with E-state index in [1.165, 1.54) is 24.8 Å². The van der Waals surface area contributed by atoms with Crippen LogP contribution in [0.15, 0.2) is 48.9 Å². The van der Waals surface area contributed by atoms with Crippen LogP contribution in [0.3, 0.4) is 0 Å². The van der Waals surface area contributed by atoms with Crippen molar-refractivity contribution in [1.82, 2.24) is 30.2 Å². The largest absolute Gasteiger partial charge is 0.339 e. The lowest BCUT2D eigenvalue weighted by Gasteiger charge is -2.42. The summed E-state index contributed by atoms with van der Waals surface area (Å²) in [5.41, 5.74) is 13.3. The lowest BCUT2D eigenvalue weighted by Crippen LogP contribution is -2.47. The highest BCUT2D eigenvalue weighted by Crippen LogP contribution is 2.45. The number of H-pyrrole nitrogens is 1. The number of nitrogens with one attached hydrogen (secondary N) is 2. The molecule has 0 spiro atoms. The second-order valence-electron chi connectivity index (χ2n) is 11.5. The first kappa shape index (κ1) is 22.8. The van der Waals surface area contributed by atoms with Crippen molar-refractivity contribution in [2.24, 2.45) is 17.1 Å². The third-order valence-electron chi connectivity index (χ3n) is 8.82. The van der Waals surface area contributed by atoms with Crippen molar-refractivity contribution in [2.45, 2.75) is 51.5 Å². The van der Waals surface area contributed by atoms with Crippen molar-refractivity contribution < 1.29 is 0 Å². The normalized spacial score (nSPS) is 20.9. The number of benzene rings is 1. The Morgan fingerprint density at radius 1 is 1.03 bits per heavy atom. The summed E-state index contributed by atoms with van der Waals surface area (Å²) in [5, 5.41) is 6.84. The zero-order chi connectivity index (χ0) is 25.1. The molecule has 7 nitrogen and oxygen atoms in total. The molecule has 4 N–H and O–H groups in total. The first-order valence-electron chi connectivity index (χ1n) is 13.5. The molecule has 2 unspecified atom stereocenters. The van der Waals surface area contributed by atoms with Crippen molar-refractivity contribution in [3.63, 3.8) is 0 Å². The molecule has 1 aliphatic carbocycles. The minimum Gasteiger partial charge on any atom is -0.339 e. The molecule has 2 fully saturated rings. The monoisotopic (exact) mass is 491 g/mol. The summed E-state index contributed by atoms with van der Waals surface area (Å²) < 4.78 is 0. The van der Waals surface area contributed by atoms with Gasteiger partial charge < -0.3 is 16.0 Å². The Morgan fingerprint density at radius 2 is 1.89 bits per heavy atom. The number of aromatic amines is 1. The standard InChI is InChI=1S/C30H33N7/c1-30(2)16-32-12-11-21(30)26(31)27-25-20(17-6-5-7-17)14-33-15-23(25)36-28(37-27)19-10-13-34-29-24(19)18-8-3-4-9-22(18)35-29/h3-4,8-10,13-15,17,21,26,32H,5-7,11-12,16,31H2,1-2H3,(H,34,35). The lowest BCUT2D eigenvalue weighted by atomic mass is 9.69. The van der Waals surface area contributed by atoms with E-state index in [-0.39, 0.29) is 11.5 Å². The first-order valence-corrected chi connectivity index (χ1v) is 13.5. The van der Waals surface area contributed by atoms with E-state index in [0.29, 0.717) is 17.7 Å². The maximum atomic E-state index is 7.21. The molecule has 7 heteroatoms. The van der Waals surface area contributed by atoms with Crippen molar-refractivity contribution in [2.75, 3.05) is 13.1 Å². The van der Waals surface area contributed by atoms with Gasteiger partial charge in [-0.15, -0.1) is 0 Å². The van der Waals surface area contributed by atoms with E-state index in [1.54, 1.807) is 0 Å². The van der Waals surface area contributed by atoms with Gasteiger partial charge >= 0.3 is 0 Å². The molecule has 1 saturated heterocycles. The van der Waals surface area contributed by atoms with Crippen LogP contribution in [0.2, 0.25) is 0 Å². The number of pyridine rings is 2. The van der Waals surface area contributed by atoms with E-state index in [4.69, 9.17) is 15.7 Å². The number of rotatable bonds is 4. The molecular formula is C30H33N7. The highest BCUT2D eigenvalue weighted by Gasteiger charge is 2.39. The molecule has 0 radical (unpaired) electrons. The SMILES string of the molecule is CC1(C)CNCCC1C(N)c1nc(-c2ccnc3[nH]c4ccccc4c23)nc2cncc(C3CCC3)c12. The van der Waals surface area contributed by atoms with Crippen LogP contribution in [-0.2, 0) is 0 Å². The summed E-state index contributed by atoms with van der Waals surface area (Å²) in [6.45, 7) is 6.58. The van der Waals surface area contributed by atoms with Gasteiger partial charge in [0, 0.05) is 46.2 Å². The second kappa shape index (κ2) is 8.57. The molecule has 5 aromatic rings. The predicted molar refractivity (Wildman–Crippen MR) is 148 cm³/mol. The molecule has 1 aliphatic heterocycles. The average Bonchev–Trinajstić information content (AvgIpc) is 3.25. The molecule has 5 heterocycles. The number of hydrogen-bond donors (Lipinski definition) is 3. The zero-order valence-electron chi connectivity index (χ0n) is 21.5. The molecule has 0 amide bonds. The number of nitrogens with two attached hydrogens (primary N) is 1. The molecule has 2 aliphatic rings. The number of fused-ring (bicyclic) bond motifs is 4. The molecule has 1 saturated carbocycles. The van der Waals surface area contributed by atoms with Gasteiger partial charge in [0.25, 0.3) is 0 Å². The van der Waals surface area contributed by atoms with Gasteiger partial charge in [-0.25, -0.2) is 15.0 Å². The molecule has 7 rings (SSSR count). The molecule has 0 bridgehead atoms. The highest BCUT2D eigenvalue weighted by atomic mass is 15.0. The van der Waals surface area contributed by atoms with Gasteiger partial charge in [-0.2, -0.15) is 0 Å². The topological polar surface area (TPSA) is 105 Å². The van der Waals surface area contributed by atoms with Gasteiger partial charge in [0.1, 0.15) is 5.65 Å². The molecule has 37 heavy (non-hydrogen) atoms. The predicted octanol–water partition coefficient (Wildman–Crippen LogP) is 5.62. The van der Waals surface area contributed by atoms with Crippen LogP contribution in [0, 0.1) is 11.3 Å². The Kier molecular flexibility index (Phi) is 5.27. The van der Waals surface area contributed by atoms with Crippen molar-refractivity contribution in [3.8, 4) is 11.4 Å². The second-order valence-corrected chi connectivity index (χ2v) is 11.5. The Hall–Kier alpha value is -3.42. The molecule has 1 aromatic carbocycles. The van der Waals surface area contributed by atoms with Crippen LogP contribution in [-0.4, -0.2) is 38.0 Å². The highest BCUT2D eigenvalue weighted by molar-refractivity contribution is 6.12. The maximum absolute atomic E-state index is 7.21. The van der Waals surface area contributed by atoms with Gasteiger partial charge in [0.2, 0.25) is 0 Å². The van der Waals surface area contributed by atoms with Gasteiger partial charge in [-0.1, -0.05) is 38.5 Å². The Labute approximate surface area is 216 Å². The minimum atomic E-state index is -0.192. The van der Waals surface area contributed by atoms with Crippen molar-refractivity contribution >= 4 is 32.8 Å². The Morgan fingerprint density at radius 3 is 2.70 bits per heavy atom. The van der Waals surface area contributed by atoms with Crippen LogP contribution in [0.1, 0.15) is 62.7 Å². The summed E-state index contributed by atoms with van der Waals surface area (Å²) in [7, 11) is 0. The summed E-state index contributed by atoms with van der Waals surface area (Å²) in [6, 6.07) is 10.1. The molecule has 4 aromatic heterocycles. The summed E-state index contributed by atoms with van der Waals surface area (Å²) in [4.78, 5) is 23.2. The Balaban J connectivity index is 1.49. The fourth-order valence-electron chi connectivity index (χ4n) is 6.53. The van der Waals surface area contributed by atoms with Gasteiger partial charge in [-0.3, -0.25) is 4.98 Å². The number of para-hydroxylation sites is 1. The number of piperidine rings is 1. The van der Waals surface area contributed by atoms with Gasteiger partial charge in [-0.05, 0) is 60.8 Å². The molecule has 2 atom stereocenters. The lowest BCUT2D eigenvalue weighted by molar-refractivity contribution is 0.128. The van der Waals surface area contributed by atoms with E-state index in [9.17, 15) is 0 Å².